The van der Waals surface area contributed by atoms with Crippen molar-refractivity contribution in [3.05, 3.63) is 62.9 Å². The van der Waals surface area contributed by atoms with Crippen LogP contribution in [0.5, 0.6) is 0 Å². The summed E-state index contributed by atoms with van der Waals surface area (Å²) in [7, 11) is -3.70. The Morgan fingerprint density at radius 2 is 1.69 bits per heavy atom. The molecule has 11 heteroatoms. The van der Waals surface area contributed by atoms with Crippen LogP contribution in [0.1, 0.15) is 45.0 Å². The molecule has 0 saturated carbocycles. The molecule has 0 N–H and O–H groups in total. The summed E-state index contributed by atoms with van der Waals surface area (Å²) in [6.45, 7) is 11.2. The van der Waals surface area contributed by atoms with Gasteiger partial charge in [-0.15, -0.1) is 0 Å². The zero-order valence-corrected chi connectivity index (χ0v) is 22.1. The number of carbonyl (C=O) groups is 1. The normalized spacial score (nSPS) is 12.9. The van der Waals surface area contributed by atoms with Crippen molar-refractivity contribution in [2.45, 2.75) is 46.1 Å². The molecule has 0 fully saturated rings. The highest BCUT2D eigenvalue weighted by Gasteiger charge is 2.26. The number of carbonyl (C=O) groups excluding carboxylic acids is 1. The topological polar surface area (TPSA) is 115 Å². The lowest BCUT2D eigenvalue weighted by Gasteiger charge is -2.25. The van der Waals surface area contributed by atoms with E-state index in [-0.39, 0.29) is 28.0 Å². The second kappa shape index (κ2) is 10.8. The summed E-state index contributed by atoms with van der Waals surface area (Å²) in [5.74, 6) is -0.161. The average Bonchev–Trinajstić information content (AvgIpc) is 3.14. The second-order valence-corrected chi connectivity index (χ2v) is 12.0. The Morgan fingerprint density at radius 3 is 2.20 bits per heavy atom. The number of aryl methyl sites for hydroxylation is 1. The molecule has 3 aromatic rings. The molecule has 1 aromatic heterocycles. The first-order valence-electron chi connectivity index (χ1n) is 11.4. The highest BCUT2D eigenvalue weighted by molar-refractivity contribution is 7.89. The van der Waals surface area contributed by atoms with Gasteiger partial charge < -0.3 is 4.57 Å². The smallest absolute Gasteiger partial charge is 0.279 e. The summed E-state index contributed by atoms with van der Waals surface area (Å²) >= 11 is 1.19. The summed E-state index contributed by atoms with van der Waals surface area (Å²) in [5.41, 5.74) is 0.987. The van der Waals surface area contributed by atoms with Gasteiger partial charge in [-0.1, -0.05) is 39.0 Å². The minimum absolute atomic E-state index is 0.0272. The molecule has 0 bridgehead atoms. The van der Waals surface area contributed by atoms with E-state index < -0.39 is 20.9 Å². The van der Waals surface area contributed by atoms with Crippen LogP contribution in [0.4, 0.5) is 5.69 Å². The number of hydrogen-bond donors (Lipinski definition) is 0. The van der Waals surface area contributed by atoms with Crippen LogP contribution in [-0.4, -0.2) is 41.2 Å². The van der Waals surface area contributed by atoms with Crippen LogP contribution in [0, 0.1) is 22.0 Å². The fourth-order valence-corrected chi connectivity index (χ4v) is 6.61. The first-order chi connectivity index (χ1) is 16.4. The lowest BCUT2D eigenvalue weighted by molar-refractivity contribution is -0.384. The zero-order chi connectivity index (χ0) is 25.9. The Kier molecular flexibility index (Phi) is 8.24. The van der Waals surface area contributed by atoms with Crippen molar-refractivity contribution in [2.24, 2.45) is 16.8 Å². The van der Waals surface area contributed by atoms with Crippen LogP contribution in [0.3, 0.4) is 0 Å². The Bertz CT molecular complexity index is 1390. The van der Waals surface area contributed by atoms with Gasteiger partial charge in [0, 0.05) is 37.3 Å². The number of amides is 1. The minimum atomic E-state index is -3.70. The third-order valence-corrected chi connectivity index (χ3v) is 8.15. The number of thiazole rings is 1. The molecular formula is C24H30N4O5S2. The van der Waals surface area contributed by atoms with Crippen molar-refractivity contribution in [1.82, 2.24) is 8.87 Å². The monoisotopic (exact) mass is 518 g/mol. The Hall–Kier alpha value is -2.89. The standard InChI is InChI=1S/C24H30N4O5S2/c1-6-27-21-12-9-19(28(30)31)13-22(21)34-24(27)25-23(29)18-7-10-20(11-8-18)35(32,33)26(14-16(2)3)15-17(4)5/h7-13,16-17H,6,14-15H2,1-5H3. The number of aromatic nitrogens is 1. The van der Waals surface area contributed by atoms with Crippen LogP contribution in [0.2, 0.25) is 0 Å². The van der Waals surface area contributed by atoms with Crippen molar-refractivity contribution in [1.29, 1.82) is 0 Å². The highest BCUT2D eigenvalue weighted by Crippen LogP contribution is 2.24. The van der Waals surface area contributed by atoms with Gasteiger partial charge in [0.25, 0.3) is 11.6 Å². The van der Waals surface area contributed by atoms with Gasteiger partial charge in [0.1, 0.15) is 0 Å². The molecular weight excluding hydrogens is 488 g/mol. The van der Waals surface area contributed by atoms with Gasteiger partial charge in [0.2, 0.25) is 10.0 Å². The van der Waals surface area contributed by atoms with Crippen LogP contribution in [-0.2, 0) is 16.6 Å². The number of rotatable bonds is 9. The van der Waals surface area contributed by atoms with E-state index in [1.54, 1.807) is 6.07 Å². The predicted molar refractivity (Wildman–Crippen MR) is 137 cm³/mol. The largest absolute Gasteiger partial charge is 0.317 e. The fourth-order valence-electron chi connectivity index (χ4n) is 3.72. The molecule has 0 aliphatic carbocycles. The van der Waals surface area contributed by atoms with Gasteiger partial charge in [-0.05, 0) is 49.1 Å². The number of fused-ring (bicyclic) bond motifs is 1. The van der Waals surface area contributed by atoms with E-state index in [4.69, 9.17) is 0 Å². The third kappa shape index (κ3) is 6.03. The molecule has 0 radical (unpaired) electrons. The first kappa shape index (κ1) is 26.7. The number of benzene rings is 2. The van der Waals surface area contributed by atoms with Gasteiger partial charge in [-0.25, -0.2) is 8.42 Å². The van der Waals surface area contributed by atoms with Gasteiger partial charge in [0.15, 0.2) is 4.80 Å². The number of nitro groups is 1. The van der Waals surface area contributed by atoms with E-state index >= 15 is 0 Å². The van der Waals surface area contributed by atoms with Crippen LogP contribution < -0.4 is 4.80 Å². The third-order valence-electron chi connectivity index (χ3n) is 5.27. The predicted octanol–water partition coefficient (Wildman–Crippen LogP) is 4.67. The fraction of sp³-hybridized carbons (Fsp3) is 0.417. The van der Waals surface area contributed by atoms with E-state index in [1.165, 1.54) is 52.0 Å². The molecule has 0 unspecified atom stereocenters. The van der Waals surface area contributed by atoms with Crippen molar-refractivity contribution in [2.75, 3.05) is 13.1 Å². The molecule has 0 aliphatic rings. The van der Waals surface area contributed by atoms with Crippen LogP contribution in [0.15, 0.2) is 52.4 Å². The molecule has 1 heterocycles. The number of hydrogen-bond acceptors (Lipinski definition) is 6. The lowest BCUT2D eigenvalue weighted by Crippen LogP contribution is -2.37. The number of sulfonamides is 1. The minimum Gasteiger partial charge on any atom is -0.317 e. The van der Waals surface area contributed by atoms with E-state index in [0.29, 0.717) is 29.1 Å². The van der Waals surface area contributed by atoms with Gasteiger partial charge in [-0.3, -0.25) is 14.9 Å². The van der Waals surface area contributed by atoms with Crippen molar-refractivity contribution < 1.29 is 18.1 Å². The van der Waals surface area contributed by atoms with Crippen molar-refractivity contribution >= 4 is 43.2 Å². The first-order valence-corrected chi connectivity index (χ1v) is 13.7. The summed E-state index contributed by atoms with van der Waals surface area (Å²) in [4.78, 5) is 28.3. The van der Waals surface area contributed by atoms with E-state index in [0.717, 1.165) is 5.52 Å². The molecule has 0 saturated heterocycles. The molecule has 1 amide bonds. The molecule has 2 aromatic carbocycles. The molecule has 35 heavy (non-hydrogen) atoms. The van der Waals surface area contributed by atoms with E-state index in [2.05, 4.69) is 4.99 Å². The SMILES string of the molecule is CCn1c(=NC(=O)c2ccc(S(=O)(=O)N(CC(C)C)CC(C)C)cc2)sc2cc([N+](=O)[O-])ccc21. The quantitative estimate of drug-likeness (QED) is 0.301. The van der Waals surface area contributed by atoms with Crippen LogP contribution in [0.25, 0.3) is 10.2 Å². The molecule has 3 rings (SSSR count). The lowest BCUT2D eigenvalue weighted by atomic mass is 10.2. The summed E-state index contributed by atoms with van der Waals surface area (Å²) in [5, 5.41) is 11.1. The molecule has 0 spiro atoms. The molecule has 0 aliphatic heterocycles. The summed E-state index contributed by atoms with van der Waals surface area (Å²) in [6.07, 6.45) is 0. The van der Waals surface area contributed by atoms with Crippen molar-refractivity contribution in [3.63, 3.8) is 0 Å². The highest BCUT2D eigenvalue weighted by atomic mass is 32.2. The molecule has 188 valence electrons. The number of non-ortho nitro benzene ring substituents is 1. The Balaban J connectivity index is 1.94. The summed E-state index contributed by atoms with van der Waals surface area (Å²) in [6, 6.07) is 10.4. The number of nitro benzene ring substituents is 1. The van der Waals surface area contributed by atoms with Crippen LogP contribution >= 0.6 is 11.3 Å². The van der Waals surface area contributed by atoms with E-state index in [1.807, 2.05) is 39.2 Å². The van der Waals surface area contributed by atoms with Gasteiger partial charge >= 0.3 is 0 Å². The van der Waals surface area contributed by atoms with E-state index in [9.17, 15) is 23.3 Å². The maximum Gasteiger partial charge on any atom is 0.279 e. The maximum atomic E-state index is 13.2. The van der Waals surface area contributed by atoms with Gasteiger partial charge in [0.05, 0.1) is 20.0 Å². The molecule has 0 atom stereocenters. The molecule has 9 nitrogen and oxygen atoms in total. The zero-order valence-electron chi connectivity index (χ0n) is 20.5. The summed E-state index contributed by atoms with van der Waals surface area (Å²) < 4.78 is 30.4. The van der Waals surface area contributed by atoms with Crippen molar-refractivity contribution in [3.8, 4) is 0 Å². The Morgan fingerprint density at radius 1 is 1.09 bits per heavy atom. The number of nitrogens with zero attached hydrogens (tertiary/aromatic N) is 4. The Labute approximate surface area is 208 Å². The second-order valence-electron chi connectivity index (χ2n) is 9.09. The maximum absolute atomic E-state index is 13.2. The van der Waals surface area contributed by atoms with Gasteiger partial charge in [-0.2, -0.15) is 9.30 Å². The average molecular weight is 519 g/mol.